The first-order valence-electron chi connectivity index (χ1n) is 5.85. The van der Waals surface area contributed by atoms with Crippen molar-refractivity contribution >= 4 is 11.6 Å². The third-order valence-corrected chi connectivity index (χ3v) is 3.11. The molecule has 2 aromatic rings. The van der Waals surface area contributed by atoms with Crippen molar-refractivity contribution in [3.05, 3.63) is 65.0 Å². The summed E-state index contributed by atoms with van der Waals surface area (Å²) in [6.07, 6.45) is 0. The van der Waals surface area contributed by atoms with Gasteiger partial charge < -0.3 is 4.90 Å². The Hall–Kier alpha value is -2.60. The van der Waals surface area contributed by atoms with Crippen LogP contribution < -0.4 is 4.90 Å². The maximum atomic E-state index is 13.3. The summed E-state index contributed by atoms with van der Waals surface area (Å²) in [7, 11) is 1.67. The van der Waals surface area contributed by atoms with Gasteiger partial charge in [-0.25, -0.2) is 4.39 Å². The van der Waals surface area contributed by atoms with Crippen LogP contribution in [0.1, 0.15) is 21.5 Å². The van der Waals surface area contributed by atoms with Crippen molar-refractivity contribution in [3.8, 4) is 11.8 Å². The van der Waals surface area contributed by atoms with Gasteiger partial charge in [0.25, 0.3) is 5.91 Å². The van der Waals surface area contributed by atoms with Crippen LogP contribution in [0.2, 0.25) is 0 Å². The number of hydrogen-bond donors (Lipinski definition) is 0. The fraction of sp³-hybridized carbons (Fsp3) is 0.0625. The topological polar surface area (TPSA) is 20.3 Å². The highest BCUT2D eigenvalue weighted by molar-refractivity contribution is 6.08. The summed E-state index contributed by atoms with van der Waals surface area (Å²) in [5.41, 5.74) is 2.36. The minimum absolute atomic E-state index is 0.141. The Balaban J connectivity index is 2.29. The quantitative estimate of drug-likeness (QED) is 0.659. The van der Waals surface area contributed by atoms with E-state index >= 15 is 0 Å². The van der Waals surface area contributed by atoms with E-state index in [0.29, 0.717) is 22.4 Å². The minimum Gasteiger partial charge on any atom is -0.310 e. The van der Waals surface area contributed by atoms with Gasteiger partial charge in [-0.3, -0.25) is 4.79 Å². The van der Waals surface area contributed by atoms with Crippen LogP contribution in [0.3, 0.4) is 0 Å². The molecule has 0 saturated carbocycles. The number of halogens is 1. The number of hydrogen-bond acceptors (Lipinski definition) is 1. The van der Waals surface area contributed by atoms with E-state index in [0.717, 1.165) is 0 Å². The number of carbonyl (C=O) groups excluding carboxylic acids is 1. The number of nitrogens with zero attached hydrogens (tertiary/aromatic N) is 1. The van der Waals surface area contributed by atoms with Gasteiger partial charge in [-0.2, -0.15) is 0 Å². The molecule has 2 aromatic carbocycles. The van der Waals surface area contributed by atoms with Crippen molar-refractivity contribution in [1.82, 2.24) is 0 Å². The van der Waals surface area contributed by atoms with Crippen LogP contribution in [0.25, 0.3) is 0 Å². The van der Waals surface area contributed by atoms with Gasteiger partial charge in [0, 0.05) is 12.6 Å². The van der Waals surface area contributed by atoms with Crippen LogP contribution in [0, 0.1) is 17.7 Å². The van der Waals surface area contributed by atoms with Crippen LogP contribution >= 0.6 is 0 Å². The normalized spacial score (nSPS) is 12.7. The van der Waals surface area contributed by atoms with Gasteiger partial charge in [0.05, 0.1) is 16.8 Å². The van der Waals surface area contributed by atoms with E-state index in [1.54, 1.807) is 31.3 Å². The average Bonchev–Trinajstić information content (AvgIpc) is 2.43. The van der Waals surface area contributed by atoms with E-state index in [4.69, 9.17) is 0 Å². The predicted molar refractivity (Wildman–Crippen MR) is 71.6 cm³/mol. The molecule has 0 atom stereocenters. The molecule has 0 aromatic heterocycles. The first-order chi connectivity index (χ1) is 9.16. The largest absolute Gasteiger partial charge is 0.310 e. The Kier molecular flexibility index (Phi) is 2.57. The summed E-state index contributed by atoms with van der Waals surface area (Å²) in [6, 6.07) is 11.4. The minimum atomic E-state index is -0.359. The highest BCUT2D eigenvalue weighted by Crippen LogP contribution is 2.24. The fourth-order valence-electron chi connectivity index (χ4n) is 2.10. The molecule has 3 heteroatoms. The molecule has 0 bridgehead atoms. The van der Waals surface area contributed by atoms with Crippen molar-refractivity contribution in [2.24, 2.45) is 0 Å². The van der Waals surface area contributed by atoms with Crippen molar-refractivity contribution in [1.29, 1.82) is 0 Å². The first-order valence-corrected chi connectivity index (χ1v) is 5.85. The van der Waals surface area contributed by atoms with E-state index < -0.39 is 0 Å². The Bertz CT molecular complexity index is 740. The molecule has 2 nitrogen and oxygen atoms in total. The Morgan fingerprint density at radius 1 is 1.05 bits per heavy atom. The van der Waals surface area contributed by atoms with E-state index in [-0.39, 0.29) is 11.7 Å². The van der Waals surface area contributed by atoms with E-state index in [9.17, 15) is 9.18 Å². The van der Waals surface area contributed by atoms with Crippen LogP contribution in [0.4, 0.5) is 10.1 Å². The highest BCUT2D eigenvalue weighted by atomic mass is 19.1. The molecule has 1 heterocycles. The lowest BCUT2D eigenvalue weighted by molar-refractivity contribution is 0.0992. The molecule has 1 amide bonds. The Labute approximate surface area is 110 Å². The van der Waals surface area contributed by atoms with Gasteiger partial charge in [-0.15, -0.1) is 0 Å². The molecule has 0 spiro atoms. The molecule has 1 aliphatic rings. The molecular weight excluding hydrogens is 241 g/mol. The molecular formula is C16H10FNO. The zero-order chi connectivity index (χ0) is 13.4. The molecule has 0 aliphatic carbocycles. The number of carbonyl (C=O) groups is 1. The number of benzene rings is 2. The smallest absolute Gasteiger partial charge is 0.259 e. The van der Waals surface area contributed by atoms with Crippen molar-refractivity contribution < 1.29 is 9.18 Å². The molecule has 0 radical (unpaired) electrons. The van der Waals surface area contributed by atoms with Gasteiger partial charge >= 0.3 is 0 Å². The SMILES string of the molecule is CN1C(=O)c2ccccc2C#Cc2cc(F)ccc21. The van der Waals surface area contributed by atoms with Crippen LogP contribution in [0.15, 0.2) is 42.5 Å². The molecule has 0 saturated heterocycles. The average molecular weight is 251 g/mol. The lowest BCUT2D eigenvalue weighted by Gasteiger charge is -2.21. The van der Waals surface area contributed by atoms with Gasteiger partial charge in [0.15, 0.2) is 0 Å². The molecule has 92 valence electrons. The third kappa shape index (κ3) is 1.88. The molecule has 1 aliphatic heterocycles. The maximum Gasteiger partial charge on any atom is 0.259 e. The summed E-state index contributed by atoms with van der Waals surface area (Å²) < 4.78 is 13.3. The third-order valence-electron chi connectivity index (χ3n) is 3.11. The monoisotopic (exact) mass is 251 g/mol. The summed E-state index contributed by atoms with van der Waals surface area (Å²) >= 11 is 0. The molecule has 3 rings (SSSR count). The summed E-state index contributed by atoms with van der Waals surface area (Å²) in [5.74, 6) is 5.36. The van der Waals surface area contributed by atoms with Crippen molar-refractivity contribution in [2.45, 2.75) is 0 Å². The second-order valence-electron chi connectivity index (χ2n) is 4.32. The molecule has 0 unspecified atom stereocenters. The lowest BCUT2D eigenvalue weighted by atomic mass is 10.0. The zero-order valence-electron chi connectivity index (χ0n) is 10.3. The van der Waals surface area contributed by atoms with Crippen LogP contribution in [0.5, 0.6) is 0 Å². The van der Waals surface area contributed by atoms with Gasteiger partial charge in [0.1, 0.15) is 5.82 Å². The zero-order valence-corrected chi connectivity index (χ0v) is 10.3. The standard InChI is InChI=1S/C16H10FNO/c1-18-15-9-8-13(17)10-12(15)7-6-11-4-2-3-5-14(11)16(18)19/h2-5,8-10H,1H3. The number of rotatable bonds is 0. The lowest BCUT2D eigenvalue weighted by Crippen LogP contribution is -2.28. The molecule has 19 heavy (non-hydrogen) atoms. The number of anilines is 1. The Morgan fingerprint density at radius 3 is 2.63 bits per heavy atom. The number of amides is 1. The summed E-state index contributed by atoms with van der Waals surface area (Å²) in [5, 5.41) is 0. The van der Waals surface area contributed by atoms with Crippen LogP contribution in [-0.4, -0.2) is 13.0 Å². The van der Waals surface area contributed by atoms with Gasteiger partial charge in [0.2, 0.25) is 0 Å². The van der Waals surface area contributed by atoms with Crippen LogP contribution in [-0.2, 0) is 0 Å². The molecule has 0 fully saturated rings. The van der Waals surface area contributed by atoms with E-state index in [2.05, 4.69) is 11.8 Å². The van der Waals surface area contributed by atoms with E-state index in [1.807, 2.05) is 6.07 Å². The molecule has 0 N–H and O–H groups in total. The predicted octanol–water partition coefficient (Wildman–Crippen LogP) is 2.82. The first kappa shape index (κ1) is 11.5. The summed E-state index contributed by atoms with van der Waals surface area (Å²) in [4.78, 5) is 13.9. The van der Waals surface area contributed by atoms with Crippen molar-refractivity contribution in [3.63, 3.8) is 0 Å². The van der Waals surface area contributed by atoms with E-state index in [1.165, 1.54) is 17.0 Å². The highest BCUT2D eigenvalue weighted by Gasteiger charge is 2.20. The maximum absolute atomic E-state index is 13.3. The van der Waals surface area contributed by atoms with Gasteiger partial charge in [-0.1, -0.05) is 24.0 Å². The fourth-order valence-corrected chi connectivity index (χ4v) is 2.10. The van der Waals surface area contributed by atoms with Crippen molar-refractivity contribution in [2.75, 3.05) is 11.9 Å². The van der Waals surface area contributed by atoms with Gasteiger partial charge in [-0.05, 0) is 30.3 Å². The number of fused-ring (bicyclic) bond motifs is 2. The Morgan fingerprint density at radius 2 is 1.79 bits per heavy atom. The second kappa shape index (κ2) is 4.25. The second-order valence-corrected chi connectivity index (χ2v) is 4.32. The summed E-state index contributed by atoms with van der Waals surface area (Å²) in [6.45, 7) is 0.